The number of alkyl halides is 3. The predicted octanol–water partition coefficient (Wildman–Crippen LogP) is 3.49. The maximum atomic E-state index is 13.0. The van der Waals surface area contributed by atoms with Crippen molar-refractivity contribution < 1.29 is 56.8 Å². The summed E-state index contributed by atoms with van der Waals surface area (Å²) < 4.78 is 53.2. The van der Waals surface area contributed by atoms with Crippen LogP contribution in [0.1, 0.15) is 43.9 Å². The minimum Gasteiger partial charge on any atom is -0.507 e. The Bertz CT molecular complexity index is 1490. The summed E-state index contributed by atoms with van der Waals surface area (Å²) in [4.78, 5) is 49.7. The van der Waals surface area contributed by atoms with Gasteiger partial charge in [0.25, 0.3) is 5.91 Å². The molecule has 11 nitrogen and oxygen atoms in total. The van der Waals surface area contributed by atoms with E-state index in [-0.39, 0.29) is 17.9 Å². The van der Waals surface area contributed by atoms with Gasteiger partial charge in [-0.15, -0.1) is 0 Å². The first-order chi connectivity index (χ1) is 20.4. The lowest BCUT2D eigenvalue weighted by atomic mass is 10.1. The second-order valence-corrected chi connectivity index (χ2v) is 9.34. The first-order valence-corrected chi connectivity index (χ1v) is 12.9. The van der Waals surface area contributed by atoms with Gasteiger partial charge in [0.1, 0.15) is 40.2 Å². The number of ether oxygens (including phenoxy) is 3. The minimum absolute atomic E-state index is 0.0250. The molecular formula is C29H25F3N2O9. The average Bonchev–Trinajstić information content (AvgIpc) is 3.17. The quantitative estimate of drug-likeness (QED) is 0.233. The molecule has 0 saturated carbocycles. The summed E-state index contributed by atoms with van der Waals surface area (Å²) >= 11 is 0. The number of hydrogen-bond donors (Lipinski definition) is 4. The smallest absolute Gasteiger partial charge is 0.491 e. The summed E-state index contributed by atoms with van der Waals surface area (Å²) in [5.41, 5.74) is -0.666. The number of hydrogen-bond acceptors (Lipinski definition) is 10. The zero-order valence-electron chi connectivity index (χ0n) is 22.2. The third-order valence-corrected chi connectivity index (χ3v) is 6.32. The zero-order chi connectivity index (χ0) is 31.1. The average molecular weight is 603 g/mol. The monoisotopic (exact) mass is 602 g/mol. The highest BCUT2D eigenvalue weighted by atomic mass is 19.4. The van der Waals surface area contributed by atoms with E-state index in [2.05, 4.69) is 15.4 Å². The van der Waals surface area contributed by atoms with E-state index in [0.29, 0.717) is 19.4 Å². The number of amides is 1. The van der Waals surface area contributed by atoms with E-state index < -0.39 is 70.5 Å². The number of halogens is 3. The van der Waals surface area contributed by atoms with Gasteiger partial charge in [0.2, 0.25) is 0 Å². The van der Waals surface area contributed by atoms with Gasteiger partial charge in [-0.25, -0.2) is 14.4 Å². The van der Waals surface area contributed by atoms with Crippen LogP contribution < -0.4 is 20.1 Å². The summed E-state index contributed by atoms with van der Waals surface area (Å²) in [5, 5.41) is 25.6. The van der Waals surface area contributed by atoms with Crippen molar-refractivity contribution in [2.24, 2.45) is 0 Å². The van der Waals surface area contributed by atoms with Crippen molar-refractivity contribution in [3.63, 3.8) is 0 Å². The molecule has 0 bridgehead atoms. The normalized spacial score (nSPS) is 16.8. The van der Waals surface area contributed by atoms with Crippen LogP contribution in [0, 0.1) is 0 Å². The van der Waals surface area contributed by atoms with Crippen molar-refractivity contribution in [2.75, 3.05) is 13.1 Å². The number of nitrogens with one attached hydrogen (secondary N) is 2. The molecule has 0 aliphatic carbocycles. The third-order valence-electron chi connectivity index (χ3n) is 6.32. The number of phenolic OH excluding ortho intramolecular Hbond substituents is 2. The number of carbonyl (C=O) groups excluding carboxylic acids is 4. The van der Waals surface area contributed by atoms with Crippen LogP contribution in [-0.2, 0) is 9.53 Å². The summed E-state index contributed by atoms with van der Waals surface area (Å²) in [7, 11) is 0. The molecule has 3 aromatic carbocycles. The van der Waals surface area contributed by atoms with E-state index in [1.807, 2.05) is 0 Å². The molecule has 1 saturated heterocycles. The minimum atomic E-state index is -5.27. The molecule has 4 N–H and O–H groups in total. The van der Waals surface area contributed by atoms with Gasteiger partial charge in [-0.05, 0) is 67.9 Å². The number of aromatic hydroxyl groups is 2. The Kier molecular flexibility index (Phi) is 9.50. The van der Waals surface area contributed by atoms with Crippen molar-refractivity contribution in [1.29, 1.82) is 0 Å². The Morgan fingerprint density at radius 2 is 1.53 bits per heavy atom. The molecule has 2 atom stereocenters. The Morgan fingerprint density at radius 1 is 0.860 bits per heavy atom. The van der Waals surface area contributed by atoms with Gasteiger partial charge in [-0.1, -0.05) is 18.2 Å². The molecule has 1 aliphatic rings. The van der Waals surface area contributed by atoms with Crippen molar-refractivity contribution in [1.82, 2.24) is 10.6 Å². The van der Waals surface area contributed by atoms with Crippen molar-refractivity contribution >= 4 is 23.8 Å². The molecule has 0 radical (unpaired) electrons. The number of benzene rings is 3. The molecular weight excluding hydrogens is 577 g/mol. The molecule has 14 heteroatoms. The highest BCUT2D eigenvalue weighted by molar-refractivity contribution is 5.97. The van der Waals surface area contributed by atoms with E-state index in [9.17, 15) is 42.6 Å². The molecule has 1 fully saturated rings. The topological polar surface area (TPSA) is 160 Å². The molecule has 226 valence electrons. The highest BCUT2D eigenvalue weighted by Crippen LogP contribution is 2.28. The van der Waals surface area contributed by atoms with Gasteiger partial charge in [0, 0.05) is 12.1 Å². The maximum absolute atomic E-state index is 13.0. The first-order valence-electron chi connectivity index (χ1n) is 12.9. The van der Waals surface area contributed by atoms with Crippen molar-refractivity contribution in [3.05, 3.63) is 83.4 Å². The molecule has 4 rings (SSSR count). The van der Waals surface area contributed by atoms with E-state index >= 15 is 0 Å². The van der Waals surface area contributed by atoms with E-state index in [1.54, 1.807) is 0 Å². The first kappa shape index (κ1) is 30.8. The lowest BCUT2D eigenvalue weighted by Gasteiger charge is -2.26. The number of phenols is 2. The Morgan fingerprint density at radius 3 is 2.21 bits per heavy atom. The van der Waals surface area contributed by atoms with Crippen LogP contribution in [0.15, 0.2) is 66.7 Å². The van der Waals surface area contributed by atoms with Gasteiger partial charge in [0.15, 0.2) is 0 Å². The number of para-hydroxylation sites is 1. The Hall–Kier alpha value is -5.11. The fourth-order valence-electron chi connectivity index (χ4n) is 4.21. The van der Waals surface area contributed by atoms with Crippen LogP contribution in [0.2, 0.25) is 0 Å². The Labute approximate surface area is 242 Å². The lowest BCUT2D eigenvalue weighted by molar-refractivity contribution is -0.189. The molecule has 43 heavy (non-hydrogen) atoms. The lowest BCUT2D eigenvalue weighted by Crippen LogP contribution is -2.49. The summed E-state index contributed by atoms with van der Waals surface area (Å²) in [6.07, 6.45) is -5.29. The fourth-order valence-corrected chi connectivity index (χ4v) is 4.21. The van der Waals surface area contributed by atoms with Gasteiger partial charge in [-0.3, -0.25) is 4.79 Å². The molecule has 3 aromatic rings. The maximum Gasteiger partial charge on any atom is 0.491 e. The van der Waals surface area contributed by atoms with Crippen LogP contribution in [0.5, 0.6) is 23.0 Å². The fraction of sp³-hybridized carbons (Fsp3) is 0.241. The van der Waals surface area contributed by atoms with E-state index in [4.69, 9.17) is 9.47 Å². The summed E-state index contributed by atoms with van der Waals surface area (Å²) in [5.74, 6) is -6.66. The largest absolute Gasteiger partial charge is 0.507 e. The van der Waals surface area contributed by atoms with Crippen LogP contribution in [0.3, 0.4) is 0 Å². The molecule has 1 heterocycles. The number of rotatable bonds is 7. The molecule has 1 aliphatic heterocycles. The SMILES string of the molecule is O=C(N[C@@H]1CNCCC[C@H]1OC(=O)c1ccccc1OC(=O)C(F)(F)F)c1ccc(OC(=O)c2c(O)cccc2O)cc1. The standard InChI is InChI=1S/C29H25F3N2O9/c30-29(31,32)28(40)43-22-8-2-1-5-18(22)26(38)42-23-9-4-14-33-15-19(23)34-25(37)16-10-12-17(13-11-16)41-27(39)24-20(35)6-3-7-21(24)36/h1-3,5-8,10-13,19,23,33,35-36H,4,9,14-15H2,(H,34,37)/t19-,23-/m1/s1. The summed E-state index contributed by atoms with van der Waals surface area (Å²) in [6.45, 7) is 0.751. The van der Waals surface area contributed by atoms with Gasteiger partial charge < -0.3 is 35.1 Å². The molecule has 0 spiro atoms. The van der Waals surface area contributed by atoms with Crippen molar-refractivity contribution in [2.45, 2.75) is 31.2 Å². The van der Waals surface area contributed by atoms with Crippen LogP contribution in [-0.4, -0.2) is 65.4 Å². The van der Waals surface area contributed by atoms with E-state index in [1.165, 1.54) is 54.6 Å². The predicted molar refractivity (Wildman–Crippen MR) is 142 cm³/mol. The van der Waals surface area contributed by atoms with Crippen molar-refractivity contribution in [3.8, 4) is 23.0 Å². The van der Waals surface area contributed by atoms with Gasteiger partial charge in [-0.2, -0.15) is 13.2 Å². The zero-order valence-corrected chi connectivity index (χ0v) is 22.2. The molecule has 0 unspecified atom stereocenters. The van der Waals surface area contributed by atoms with Crippen LogP contribution in [0.4, 0.5) is 13.2 Å². The Balaban J connectivity index is 1.43. The molecule has 0 aromatic heterocycles. The second kappa shape index (κ2) is 13.2. The van der Waals surface area contributed by atoms with Gasteiger partial charge >= 0.3 is 24.1 Å². The second-order valence-electron chi connectivity index (χ2n) is 9.34. The van der Waals surface area contributed by atoms with E-state index in [0.717, 1.165) is 12.1 Å². The molecule has 1 amide bonds. The van der Waals surface area contributed by atoms with Gasteiger partial charge in [0.05, 0.1) is 6.04 Å². The third kappa shape index (κ3) is 7.80. The highest BCUT2D eigenvalue weighted by Gasteiger charge is 2.42. The number of carbonyl (C=O) groups is 4. The van der Waals surface area contributed by atoms with Crippen LogP contribution >= 0.6 is 0 Å². The van der Waals surface area contributed by atoms with Crippen LogP contribution in [0.25, 0.3) is 0 Å². The number of esters is 3. The summed E-state index contributed by atoms with van der Waals surface area (Å²) in [6, 6.07) is 13.2.